The molecule has 2 heterocycles. The topological polar surface area (TPSA) is 54.3 Å². The van der Waals surface area contributed by atoms with Crippen LogP contribution < -0.4 is 5.32 Å². The highest BCUT2D eigenvalue weighted by Crippen LogP contribution is 2.42. The highest BCUT2D eigenvalue weighted by atomic mass is 35.5. The molecule has 0 saturated carbocycles. The Bertz CT molecular complexity index is 455. The first-order valence-corrected chi connectivity index (χ1v) is 5.01. The van der Waals surface area contributed by atoms with Gasteiger partial charge in [0, 0.05) is 16.1 Å². The standard InChI is InChI=1S/C10H9ClN2O2/c1-5-14-10(15-5)8-4-6(11)2-3-7(8)9(12)13-10/h2-5H,1H3,(H2,12,13). The van der Waals surface area contributed by atoms with E-state index < -0.39 is 5.91 Å². The summed E-state index contributed by atoms with van der Waals surface area (Å²) < 4.78 is 11.0. The van der Waals surface area contributed by atoms with E-state index in [1.54, 1.807) is 25.1 Å². The lowest BCUT2D eigenvalue weighted by atomic mass is 10.1. The van der Waals surface area contributed by atoms with Crippen molar-refractivity contribution in [1.29, 1.82) is 5.41 Å². The maximum absolute atomic E-state index is 7.75. The predicted molar refractivity (Wildman–Crippen MR) is 54.7 cm³/mol. The molecule has 5 heteroatoms. The van der Waals surface area contributed by atoms with Crippen LogP contribution in [0.4, 0.5) is 0 Å². The van der Waals surface area contributed by atoms with Crippen molar-refractivity contribution in [2.45, 2.75) is 19.1 Å². The van der Waals surface area contributed by atoms with Crippen molar-refractivity contribution >= 4 is 17.4 Å². The summed E-state index contributed by atoms with van der Waals surface area (Å²) in [5, 5.41) is 11.2. The van der Waals surface area contributed by atoms with E-state index in [1.165, 1.54) is 0 Å². The fourth-order valence-corrected chi connectivity index (χ4v) is 2.14. The van der Waals surface area contributed by atoms with Crippen molar-refractivity contribution in [3.05, 3.63) is 34.3 Å². The maximum atomic E-state index is 7.75. The van der Waals surface area contributed by atoms with Gasteiger partial charge in [0.2, 0.25) is 0 Å². The molecule has 2 aliphatic rings. The van der Waals surface area contributed by atoms with Gasteiger partial charge < -0.3 is 5.32 Å². The largest absolute Gasteiger partial charge is 0.315 e. The smallest absolute Gasteiger partial charge is 0.284 e. The third-order valence-corrected chi connectivity index (χ3v) is 2.79. The second-order valence-corrected chi connectivity index (χ2v) is 4.05. The third-order valence-electron chi connectivity index (χ3n) is 2.56. The van der Waals surface area contributed by atoms with Crippen LogP contribution in [-0.4, -0.2) is 12.1 Å². The number of hydrogen-bond acceptors (Lipinski definition) is 3. The molecule has 0 aliphatic carbocycles. The minimum Gasteiger partial charge on any atom is -0.315 e. The Kier molecular flexibility index (Phi) is 1.66. The van der Waals surface area contributed by atoms with Gasteiger partial charge in [-0.1, -0.05) is 11.6 Å². The van der Waals surface area contributed by atoms with Gasteiger partial charge in [-0.2, -0.15) is 0 Å². The van der Waals surface area contributed by atoms with Crippen LogP contribution in [0.15, 0.2) is 18.2 Å². The normalized spacial score (nSPS) is 32.4. The van der Waals surface area contributed by atoms with Crippen molar-refractivity contribution in [3.8, 4) is 0 Å². The number of hydrogen-bond donors (Lipinski definition) is 2. The quantitative estimate of drug-likeness (QED) is 0.706. The van der Waals surface area contributed by atoms with Gasteiger partial charge in [-0.15, -0.1) is 0 Å². The molecule has 0 aromatic heterocycles. The number of ether oxygens (including phenoxy) is 2. The predicted octanol–water partition coefficient (Wildman–Crippen LogP) is 1.77. The van der Waals surface area contributed by atoms with Crippen molar-refractivity contribution in [1.82, 2.24) is 5.32 Å². The summed E-state index contributed by atoms with van der Waals surface area (Å²) >= 11 is 5.91. The van der Waals surface area contributed by atoms with Crippen LogP contribution in [0.25, 0.3) is 0 Å². The number of halogens is 1. The van der Waals surface area contributed by atoms with Crippen LogP contribution in [0.2, 0.25) is 5.02 Å². The number of rotatable bonds is 0. The van der Waals surface area contributed by atoms with E-state index >= 15 is 0 Å². The Morgan fingerprint density at radius 1 is 1.47 bits per heavy atom. The molecule has 1 aromatic rings. The molecule has 0 radical (unpaired) electrons. The van der Waals surface area contributed by atoms with Crippen molar-refractivity contribution in [3.63, 3.8) is 0 Å². The van der Waals surface area contributed by atoms with E-state index in [0.717, 1.165) is 11.1 Å². The highest BCUT2D eigenvalue weighted by molar-refractivity contribution is 6.30. The number of nitrogens with one attached hydrogen (secondary N) is 2. The van der Waals surface area contributed by atoms with Crippen LogP contribution >= 0.6 is 11.6 Å². The van der Waals surface area contributed by atoms with Crippen molar-refractivity contribution in [2.24, 2.45) is 0 Å². The highest BCUT2D eigenvalue weighted by Gasteiger charge is 2.53. The molecule has 15 heavy (non-hydrogen) atoms. The first kappa shape index (κ1) is 9.15. The lowest BCUT2D eigenvalue weighted by molar-refractivity contribution is -0.461. The molecule has 1 saturated heterocycles. The summed E-state index contributed by atoms with van der Waals surface area (Å²) in [6.07, 6.45) is -0.254. The summed E-state index contributed by atoms with van der Waals surface area (Å²) in [6, 6.07) is 5.30. The van der Waals surface area contributed by atoms with Crippen molar-refractivity contribution < 1.29 is 9.47 Å². The van der Waals surface area contributed by atoms with Gasteiger partial charge in [0.1, 0.15) is 5.84 Å². The maximum Gasteiger partial charge on any atom is 0.284 e. The molecule has 0 bridgehead atoms. The van der Waals surface area contributed by atoms with Crippen LogP contribution in [0.1, 0.15) is 18.1 Å². The number of benzene rings is 1. The van der Waals surface area contributed by atoms with E-state index in [0.29, 0.717) is 10.9 Å². The fraction of sp³-hybridized carbons (Fsp3) is 0.300. The SMILES string of the molecule is CC1OC2(NC(=N)c3ccc(Cl)cc32)O1. The first-order chi connectivity index (χ1) is 7.11. The lowest BCUT2D eigenvalue weighted by Crippen LogP contribution is -2.57. The molecule has 2 N–H and O–H groups in total. The minimum atomic E-state index is -0.975. The zero-order valence-electron chi connectivity index (χ0n) is 8.00. The monoisotopic (exact) mass is 224 g/mol. The summed E-state index contributed by atoms with van der Waals surface area (Å²) in [5.41, 5.74) is 1.55. The molecule has 2 aliphatic heterocycles. The average Bonchev–Trinajstić information content (AvgIpc) is 2.39. The van der Waals surface area contributed by atoms with Crippen LogP contribution in [0.5, 0.6) is 0 Å². The van der Waals surface area contributed by atoms with Crippen LogP contribution in [-0.2, 0) is 15.4 Å². The molecule has 1 spiro atoms. The van der Waals surface area contributed by atoms with E-state index in [4.69, 9.17) is 26.5 Å². The van der Waals surface area contributed by atoms with Gasteiger partial charge in [0.25, 0.3) is 5.91 Å². The Balaban J connectivity index is 2.12. The van der Waals surface area contributed by atoms with E-state index in [-0.39, 0.29) is 6.29 Å². The lowest BCUT2D eigenvalue weighted by Gasteiger charge is -2.43. The molecule has 0 amide bonds. The molecule has 0 unspecified atom stereocenters. The Morgan fingerprint density at radius 3 is 2.87 bits per heavy atom. The zero-order chi connectivity index (χ0) is 10.6. The Hall–Kier alpha value is -1.10. The van der Waals surface area contributed by atoms with Gasteiger partial charge in [0.15, 0.2) is 6.29 Å². The Morgan fingerprint density at radius 2 is 2.20 bits per heavy atom. The Labute approximate surface area is 91.6 Å². The number of fused-ring (bicyclic) bond motifs is 2. The molecule has 78 valence electrons. The number of amidine groups is 1. The summed E-state index contributed by atoms with van der Waals surface area (Å²) in [4.78, 5) is 0. The van der Waals surface area contributed by atoms with Gasteiger partial charge in [-0.3, -0.25) is 14.9 Å². The molecule has 4 nitrogen and oxygen atoms in total. The van der Waals surface area contributed by atoms with Gasteiger partial charge in [-0.25, -0.2) is 0 Å². The summed E-state index contributed by atoms with van der Waals surface area (Å²) in [5.74, 6) is -0.676. The van der Waals surface area contributed by atoms with Crippen LogP contribution in [0, 0.1) is 5.41 Å². The van der Waals surface area contributed by atoms with Gasteiger partial charge >= 0.3 is 0 Å². The molecular formula is C10H9ClN2O2. The molecule has 1 aromatic carbocycles. The van der Waals surface area contributed by atoms with E-state index in [2.05, 4.69) is 5.32 Å². The van der Waals surface area contributed by atoms with Gasteiger partial charge in [0.05, 0.1) is 0 Å². The third kappa shape index (κ3) is 1.13. The van der Waals surface area contributed by atoms with E-state index in [9.17, 15) is 0 Å². The summed E-state index contributed by atoms with van der Waals surface area (Å²) in [6.45, 7) is 1.80. The second kappa shape index (κ2) is 2.72. The second-order valence-electron chi connectivity index (χ2n) is 3.61. The molecular weight excluding hydrogens is 216 g/mol. The minimum absolute atomic E-state index is 0.254. The molecule has 0 atom stereocenters. The first-order valence-electron chi connectivity index (χ1n) is 4.63. The van der Waals surface area contributed by atoms with Crippen LogP contribution in [0.3, 0.4) is 0 Å². The average molecular weight is 225 g/mol. The van der Waals surface area contributed by atoms with Gasteiger partial charge in [-0.05, 0) is 25.1 Å². The van der Waals surface area contributed by atoms with E-state index in [1.807, 2.05) is 0 Å². The van der Waals surface area contributed by atoms with Crippen molar-refractivity contribution in [2.75, 3.05) is 0 Å². The fourth-order valence-electron chi connectivity index (χ4n) is 1.97. The molecule has 1 fully saturated rings. The molecule has 3 rings (SSSR count). The summed E-state index contributed by atoms with van der Waals surface area (Å²) in [7, 11) is 0. The zero-order valence-corrected chi connectivity index (χ0v) is 8.76.